The average Bonchev–Trinajstić information content (AvgIpc) is 3.09. The first-order chi connectivity index (χ1) is 14.8. The summed E-state index contributed by atoms with van der Waals surface area (Å²) in [7, 11) is 0. The molecule has 0 atom stereocenters. The molecule has 0 unspecified atom stereocenters. The molecule has 2 aromatic rings. The molecule has 11 heteroatoms. The number of alkyl halides is 2. The van der Waals surface area contributed by atoms with Gasteiger partial charge < -0.3 is 19.2 Å². The maximum absolute atomic E-state index is 13.4. The Morgan fingerprint density at radius 1 is 1.29 bits per heavy atom. The molecule has 0 spiro atoms. The van der Waals surface area contributed by atoms with E-state index in [0.29, 0.717) is 43.9 Å². The van der Waals surface area contributed by atoms with E-state index in [1.807, 2.05) is 0 Å². The number of nitrogens with one attached hydrogen (secondary N) is 1. The number of halogens is 4. The van der Waals surface area contributed by atoms with Crippen molar-refractivity contribution in [2.24, 2.45) is 0 Å². The quantitative estimate of drug-likeness (QED) is 0.650. The smallest absolute Gasteiger partial charge is 0.345 e. The SMILES string of the molecule is O=C(COc1ccc(Cl)c(F)c1)NC12CC(c3nnc([C@H]4C[C@@H](OC(F)F)C4)o3)(C1)C2. The molecule has 4 aliphatic carbocycles. The van der Waals surface area contributed by atoms with E-state index in [-0.39, 0.29) is 40.2 Å². The van der Waals surface area contributed by atoms with Gasteiger partial charge in [0.25, 0.3) is 5.91 Å². The number of benzene rings is 1. The summed E-state index contributed by atoms with van der Waals surface area (Å²) in [6, 6.07) is 3.98. The second-order valence-corrected chi connectivity index (χ2v) is 9.04. The van der Waals surface area contributed by atoms with Crippen LogP contribution in [0.5, 0.6) is 5.75 Å². The van der Waals surface area contributed by atoms with Gasteiger partial charge in [0.1, 0.15) is 11.6 Å². The van der Waals surface area contributed by atoms with Gasteiger partial charge in [0, 0.05) is 17.5 Å². The Morgan fingerprint density at radius 2 is 2.03 bits per heavy atom. The summed E-state index contributed by atoms with van der Waals surface area (Å²) in [5.41, 5.74) is -0.547. The molecule has 6 rings (SSSR count). The highest BCUT2D eigenvalue weighted by Crippen LogP contribution is 2.67. The van der Waals surface area contributed by atoms with Crippen LogP contribution in [0.25, 0.3) is 0 Å². The lowest BCUT2D eigenvalue weighted by molar-refractivity contribution is -0.185. The summed E-state index contributed by atoms with van der Waals surface area (Å²) >= 11 is 5.62. The topological polar surface area (TPSA) is 86.5 Å². The molecule has 1 N–H and O–H groups in total. The molecule has 31 heavy (non-hydrogen) atoms. The molecular formula is C20H19ClF3N3O4. The molecule has 0 saturated heterocycles. The predicted octanol–water partition coefficient (Wildman–Crippen LogP) is 3.72. The van der Waals surface area contributed by atoms with Crippen molar-refractivity contribution in [3.05, 3.63) is 40.8 Å². The van der Waals surface area contributed by atoms with E-state index in [0.717, 1.165) is 6.07 Å². The fourth-order valence-electron chi connectivity index (χ4n) is 4.83. The Labute approximate surface area is 180 Å². The Hall–Kier alpha value is -2.33. The Balaban J connectivity index is 1.09. The summed E-state index contributed by atoms with van der Waals surface area (Å²) in [5.74, 6) is 0.246. The summed E-state index contributed by atoms with van der Waals surface area (Å²) in [5, 5.41) is 11.2. The van der Waals surface area contributed by atoms with Gasteiger partial charge in [-0.05, 0) is 44.2 Å². The van der Waals surface area contributed by atoms with Crippen molar-refractivity contribution in [2.75, 3.05) is 6.61 Å². The van der Waals surface area contributed by atoms with Crippen LogP contribution < -0.4 is 10.1 Å². The van der Waals surface area contributed by atoms with Crippen molar-refractivity contribution in [2.45, 2.75) is 61.7 Å². The standard InChI is InChI=1S/C20H19ClF3N3O4/c21-13-2-1-11(5-14(13)22)29-6-15(28)25-20-7-19(8-20,9-20)17-27-26-16(31-17)10-3-12(4-10)30-18(23)24/h1-2,5,10,12,18H,3-4,6-9H2,(H,25,28)/t10-,12+,19?,20?. The van der Waals surface area contributed by atoms with Crippen LogP contribution in [0.3, 0.4) is 0 Å². The van der Waals surface area contributed by atoms with Crippen LogP contribution in [-0.2, 0) is 14.9 Å². The number of hydrogen-bond acceptors (Lipinski definition) is 6. The maximum atomic E-state index is 13.4. The Bertz CT molecular complexity index is 992. The van der Waals surface area contributed by atoms with Crippen molar-refractivity contribution >= 4 is 17.5 Å². The molecule has 4 saturated carbocycles. The first-order valence-electron chi connectivity index (χ1n) is 9.92. The molecule has 0 aliphatic heterocycles. The Morgan fingerprint density at radius 3 is 2.71 bits per heavy atom. The third-order valence-electron chi connectivity index (χ3n) is 6.33. The summed E-state index contributed by atoms with van der Waals surface area (Å²) in [6.07, 6.45) is 2.47. The highest BCUT2D eigenvalue weighted by atomic mass is 35.5. The van der Waals surface area contributed by atoms with Gasteiger partial charge in [-0.15, -0.1) is 10.2 Å². The zero-order valence-corrected chi connectivity index (χ0v) is 17.0. The molecule has 1 aromatic heterocycles. The predicted molar refractivity (Wildman–Crippen MR) is 100 cm³/mol. The third kappa shape index (κ3) is 3.76. The van der Waals surface area contributed by atoms with E-state index in [1.165, 1.54) is 12.1 Å². The minimum absolute atomic E-state index is 0.0150. The lowest BCUT2D eigenvalue weighted by Gasteiger charge is -2.68. The summed E-state index contributed by atoms with van der Waals surface area (Å²) < 4.78 is 53.5. The number of carbonyl (C=O) groups is 1. The molecule has 0 radical (unpaired) electrons. The van der Waals surface area contributed by atoms with Gasteiger partial charge in [-0.1, -0.05) is 11.6 Å². The molecule has 4 fully saturated rings. The monoisotopic (exact) mass is 457 g/mol. The van der Waals surface area contributed by atoms with Gasteiger partial charge in [0.15, 0.2) is 6.61 Å². The highest BCUT2D eigenvalue weighted by Gasteiger charge is 2.71. The van der Waals surface area contributed by atoms with E-state index < -0.39 is 18.5 Å². The molecular weight excluding hydrogens is 439 g/mol. The van der Waals surface area contributed by atoms with E-state index in [1.54, 1.807) is 0 Å². The fraction of sp³-hybridized carbons (Fsp3) is 0.550. The molecule has 1 amide bonds. The number of carbonyl (C=O) groups excluding carboxylic acids is 1. The minimum atomic E-state index is -2.77. The van der Waals surface area contributed by atoms with Gasteiger partial charge >= 0.3 is 6.61 Å². The largest absolute Gasteiger partial charge is 0.484 e. The molecule has 2 bridgehead atoms. The van der Waals surface area contributed by atoms with Gasteiger partial charge in [-0.2, -0.15) is 8.78 Å². The zero-order valence-electron chi connectivity index (χ0n) is 16.2. The van der Waals surface area contributed by atoms with Crippen LogP contribution in [0.2, 0.25) is 5.02 Å². The lowest BCUT2D eigenvalue weighted by Crippen LogP contribution is -2.77. The molecule has 7 nitrogen and oxygen atoms in total. The number of ether oxygens (including phenoxy) is 2. The third-order valence-corrected chi connectivity index (χ3v) is 6.64. The van der Waals surface area contributed by atoms with Crippen molar-refractivity contribution in [1.29, 1.82) is 0 Å². The second-order valence-electron chi connectivity index (χ2n) is 8.64. The second kappa shape index (κ2) is 7.37. The molecule has 4 aliphatic rings. The minimum Gasteiger partial charge on any atom is -0.484 e. The molecule has 166 valence electrons. The van der Waals surface area contributed by atoms with Crippen molar-refractivity contribution < 1.29 is 31.9 Å². The van der Waals surface area contributed by atoms with Gasteiger partial charge in [-0.25, -0.2) is 4.39 Å². The van der Waals surface area contributed by atoms with Crippen LogP contribution in [0.1, 0.15) is 49.8 Å². The first-order valence-corrected chi connectivity index (χ1v) is 10.3. The van der Waals surface area contributed by atoms with E-state index in [4.69, 9.17) is 20.8 Å². The number of hydrogen-bond donors (Lipinski definition) is 1. The van der Waals surface area contributed by atoms with Gasteiger partial charge in [0.05, 0.1) is 16.5 Å². The number of nitrogens with zero attached hydrogens (tertiary/aromatic N) is 2. The van der Waals surface area contributed by atoms with E-state index >= 15 is 0 Å². The zero-order chi connectivity index (χ0) is 21.8. The van der Waals surface area contributed by atoms with Crippen molar-refractivity contribution in [1.82, 2.24) is 15.5 Å². The van der Waals surface area contributed by atoms with Gasteiger partial charge in [-0.3, -0.25) is 4.79 Å². The van der Waals surface area contributed by atoms with Crippen molar-refractivity contribution in [3.63, 3.8) is 0 Å². The molecule has 1 aromatic carbocycles. The van der Waals surface area contributed by atoms with E-state index in [9.17, 15) is 18.0 Å². The van der Waals surface area contributed by atoms with Crippen LogP contribution in [0.4, 0.5) is 13.2 Å². The highest BCUT2D eigenvalue weighted by molar-refractivity contribution is 6.30. The molecule has 1 heterocycles. The average molecular weight is 458 g/mol. The fourth-order valence-corrected chi connectivity index (χ4v) is 4.95. The lowest BCUT2D eigenvalue weighted by atomic mass is 9.39. The van der Waals surface area contributed by atoms with Crippen LogP contribution in [0.15, 0.2) is 22.6 Å². The normalized spacial score (nSPS) is 30.9. The van der Waals surface area contributed by atoms with Crippen LogP contribution in [-0.4, -0.2) is 41.0 Å². The van der Waals surface area contributed by atoms with Gasteiger partial charge in [0.2, 0.25) is 11.8 Å². The summed E-state index contributed by atoms with van der Waals surface area (Å²) in [6.45, 7) is -3.00. The number of rotatable bonds is 8. The van der Waals surface area contributed by atoms with Crippen molar-refractivity contribution in [3.8, 4) is 5.75 Å². The van der Waals surface area contributed by atoms with E-state index in [2.05, 4.69) is 20.3 Å². The Kier molecular flexibility index (Phi) is 4.89. The number of amides is 1. The van der Waals surface area contributed by atoms with Crippen LogP contribution >= 0.6 is 11.6 Å². The summed E-state index contributed by atoms with van der Waals surface area (Å²) in [4.78, 5) is 12.2. The first kappa shape index (κ1) is 20.6. The van der Waals surface area contributed by atoms with Crippen LogP contribution in [0, 0.1) is 5.82 Å². The maximum Gasteiger partial charge on any atom is 0.345 e. The number of aromatic nitrogens is 2.